The number of carbonyl (C=O) groups is 2. The third kappa shape index (κ3) is 51.8. The summed E-state index contributed by atoms with van der Waals surface area (Å²) >= 11 is 0. The molecule has 1 aromatic rings. The lowest BCUT2D eigenvalue weighted by Gasteiger charge is -2.14. The zero-order chi connectivity index (χ0) is 55.3. The highest BCUT2D eigenvalue weighted by atomic mass is 16.5. The van der Waals surface area contributed by atoms with Gasteiger partial charge in [0.2, 0.25) is 0 Å². The number of nitrogens with one attached hydrogen (secondary N) is 2. The van der Waals surface area contributed by atoms with Gasteiger partial charge in [-0.2, -0.15) is 0 Å². The van der Waals surface area contributed by atoms with Gasteiger partial charge in [0.1, 0.15) is 5.75 Å². The van der Waals surface area contributed by atoms with Gasteiger partial charge in [0.25, 0.3) is 11.8 Å². The van der Waals surface area contributed by atoms with E-state index < -0.39 is 0 Å². The molecule has 0 heterocycles. The molecule has 2 N–H and O–H groups in total. The molecule has 1 rings (SSSR count). The van der Waals surface area contributed by atoms with Gasteiger partial charge in [-0.3, -0.25) is 9.59 Å². The second-order valence-corrected chi connectivity index (χ2v) is 24.5. The van der Waals surface area contributed by atoms with Crippen LogP contribution in [0, 0.1) is 0 Å². The minimum Gasteiger partial charge on any atom is -0.493 e. The lowest BCUT2D eigenvalue weighted by atomic mass is 10.0. The van der Waals surface area contributed by atoms with Gasteiger partial charge in [-0.25, -0.2) is 0 Å². The van der Waals surface area contributed by atoms with Gasteiger partial charge >= 0.3 is 0 Å². The van der Waals surface area contributed by atoms with Crippen LogP contribution in [0.15, 0.2) is 18.2 Å². The minimum absolute atomic E-state index is 0.0732. The molecule has 0 aliphatic heterocycles. The van der Waals surface area contributed by atoms with E-state index in [1.165, 1.54) is 334 Å². The molecule has 2 amide bonds. The first-order valence-corrected chi connectivity index (χ1v) is 35.5. The fraction of sp³-hybridized carbons (Fsp3) is 0.889. The normalized spacial score (nSPS) is 11.5. The zero-order valence-corrected chi connectivity index (χ0v) is 52.6. The number of rotatable bonds is 64. The average molecular weight is 1080 g/mol. The standard InChI is InChI=1S/C72H136N2O3/c1-4-7-10-13-16-19-22-25-27-29-31-33-35-37-39-41-43-45-47-50-53-56-59-64-73-71(75)68-62-63-69(70(67-68)77-66-61-58-55-52-49-24-21-18-15-12-9-6-3)72(76)74-65-60-57-54-51-48-46-44-42-40-38-36-34-32-30-28-26-23-20-17-14-11-8-5-2/h62-63,67H,4-61,64-66H2,1-3H3,(H,73,75)(H,74,76). The molecule has 0 aliphatic carbocycles. The number of unbranched alkanes of at least 4 members (excludes halogenated alkanes) is 55. The van der Waals surface area contributed by atoms with Crippen LogP contribution in [0.3, 0.4) is 0 Å². The first-order valence-electron chi connectivity index (χ1n) is 35.5. The Hall–Kier alpha value is -2.04. The summed E-state index contributed by atoms with van der Waals surface area (Å²) in [4.78, 5) is 26.8. The highest BCUT2D eigenvalue weighted by Crippen LogP contribution is 2.23. The third-order valence-electron chi connectivity index (χ3n) is 16.9. The molecule has 0 aliphatic rings. The predicted molar refractivity (Wildman–Crippen MR) is 341 cm³/mol. The van der Waals surface area contributed by atoms with Gasteiger partial charge < -0.3 is 15.4 Å². The van der Waals surface area contributed by atoms with Crippen LogP contribution in [0.2, 0.25) is 0 Å². The van der Waals surface area contributed by atoms with Crippen molar-refractivity contribution in [2.45, 2.75) is 393 Å². The van der Waals surface area contributed by atoms with E-state index in [1.807, 2.05) is 6.07 Å². The molecular weight excluding hydrogens is 941 g/mol. The summed E-state index contributed by atoms with van der Waals surface area (Å²) in [6.45, 7) is 8.83. The van der Waals surface area contributed by atoms with Crippen LogP contribution in [0.4, 0.5) is 0 Å². The summed E-state index contributed by atoms with van der Waals surface area (Å²) in [5, 5.41) is 6.33. The maximum absolute atomic E-state index is 13.5. The summed E-state index contributed by atoms with van der Waals surface area (Å²) in [5.41, 5.74) is 1.12. The minimum atomic E-state index is -0.0922. The molecule has 77 heavy (non-hydrogen) atoms. The van der Waals surface area contributed by atoms with Crippen molar-refractivity contribution in [2.24, 2.45) is 0 Å². The molecule has 5 heteroatoms. The van der Waals surface area contributed by atoms with E-state index in [0.717, 1.165) is 38.5 Å². The van der Waals surface area contributed by atoms with Crippen molar-refractivity contribution in [3.63, 3.8) is 0 Å². The van der Waals surface area contributed by atoms with E-state index in [4.69, 9.17) is 4.74 Å². The van der Waals surface area contributed by atoms with E-state index >= 15 is 0 Å². The molecule has 0 atom stereocenters. The molecule has 0 aromatic heterocycles. The molecule has 0 radical (unpaired) electrons. The second kappa shape index (κ2) is 61.6. The molecule has 0 spiro atoms. The van der Waals surface area contributed by atoms with E-state index in [9.17, 15) is 9.59 Å². The Morgan fingerprint density at radius 1 is 0.286 bits per heavy atom. The fourth-order valence-electron chi connectivity index (χ4n) is 11.5. The Balaban J connectivity index is 2.25. The second-order valence-electron chi connectivity index (χ2n) is 24.5. The summed E-state index contributed by atoms with van der Waals surface area (Å²) in [5.74, 6) is 0.378. The summed E-state index contributed by atoms with van der Waals surface area (Å²) < 4.78 is 6.31. The van der Waals surface area contributed by atoms with Crippen LogP contribution in [0.1, 0.15) is 414 Å². The Morgan fingerprint density at radius 3 is 0.766 bits per heavy atom. The first kappa shape index (κ1) is 73.0. The number of benzene rings is 1. The molecule has 0 saturated carbocycles. The topological polar surface area (TPSA) is 67.4 Å². The summed E-state index contributed by atoms with van der Waals surface area (Å²) in [6.07, 6.45) is 79.1. The highest BCUT2D eigenvalue weighted by molar-refractivity contribution is 6.00. The third-order valence-corrected chi connectivity index (χ3v) is 16.9. The highest BCUT2D eigenvalue weighted by Gasteiger charge is 2.16. The van der Waals surface area contributed by atoms with Gasteiger partial charge in [-0.15, -0.1) is 0 Å². The molecule has 1 aromatic carbocycles. The van der Waals surface area contributed by atoms with Crippen LogP contribution < -0.4 is 15.4 Å². The predicted octanol–water partition coefficient (Wildman–Crippen LogP) is 24.2. The maximum atomic E-state index is 13.5. The van der Waals surface area contributed by atoms with E-state index in [-0.39, 0.29) is 11.8 Å². The Kier molecular flexibility index (Phi) is 58.4. The lowest BCUT2D eigenvalue weighted by Crippen LogP contribution is -2.26. The van der Waals surface area contributed by atoms with Crippen LogP contribution in [-0.4, -0.2) is 31.5 Å². The molecule has 0 bridgehead atoms. The van der Waals surface area contributed by atoms with Crippen molar-refractivity contribution >= 4 is 11.8 Å². The Bertz CT molecular complexity index is 1350. The van der Waals surface area contributed by atoms with Crippen LogP contribution in [0.5, 0.6) is 5.75 Å². The van der Waals surface area contributed by atoms with E-state index in [0.29, 0.717) is 36.6 Å². The molecule has 452 valence electrons. The van der Waals surface area contributed by atoms with Gasteiger partial charge in [-0.1, -0.05) is 374 Å². The Morgan fingerprint density at radius 2 is 0.506 bits per heavy atom. The largest absolute Gasteiger partial charge is 0.493 e. The van der Waals surface area contributed by atoms with Crippen molar-refractivity contribution in [1.82, 2.24) is 10.6 Å². The number of amides is 2. The van der Waals surface area contributed by atoms with Crippen LogP contribution in [0.25, 0.3) is 0 Å². The molecule has 0 unspecified atom stereocenters. The molecule has 0 saturated heterocycles. The Labute approximate surface area is 482 Å². The summed E-state index contributed by atoms with van der Waals surface area (Å²) in [7, 11) is 0. The summed E-state index contributed by atoms with van der Waals surface area (Å²) in [6, 6.07) is 5.42. The molecule has 0 fully saturated rings. The number of carbonyl (C=O) groups excluding carboxylic acids is 2. The van der Waals surface area contributed by atoms with Gasteiger partial charge in [0, 0.05) is 18.7 Å². The fourth-order valence-corrected chi connectivity index (χ4v) is 11.5. The van der Waals surface area contributed by atoms with Gasteiger partial charge in [0.05, 0.1) is 12.2 Å². The zero-order valence-electron chi connectivity index (χ0n) is 52.6. The van der Waals surface area contributed by atoms with Crippen molar-refractivity contribution in [3.05, 3.63) is 29.3 Å². The monoisotopic (exact) mass is 1080 g/mol. The van der Waals surface area contributed by atoms with E-state index in [1.54, 1.807) is 12.1 Å². The molecular formula is C72H136N2O3. The van der Waals surface area contributed by atoms with Crippen LogP contribution >= 0.6 is 0 Å². The molecule has 5 nitrogen and oxygen atoms in total. The van der Waals surface area contributed by atoms with E-state index in [2.05, 4.69) is 31.4 Å². The SMILES string of the molecule is CCCCCCCCCCCCCCCCCCCCCCCCCNC(=O)c1ccc(C(=O)NCCCCCCCCCCCCCCCCCCCCCCCCC)c(OCCCCCCCCCCCCCC)c1. The lowest BCUT2D eigenvalue weighted by molar-refractivity contribution is 0.0937. The maximum Gasteiger partial charge on any atom is 0.255 e. The van der Waals surface area contributed by atoms with Crippen molar-refractivity contribution in [2.75, 3.05) is 19.7 Å². The average Bonchev–Trinajstić information content (AvgIpc) is 3.44. The number of hydrogen-bond donors (Lipinski definition) is 2. The first-order chi connectivity index (χ1) is 38.1. The number of ether oxygens (including phenoxy) is 1. The number of hydrogen-bond acceptors (Lipinski definition) is 3. The quantitative estimate of drug-likeness (QED) is 0.0639. The van der Waals surface area contributed by atoms with Crippen molar-refractivity contribution < 1.29 is 14.3 Å². The van der Waals surface area contributed by atoms with Gasteiger partial charge in [-0.05, 0) is 37.5 Å². The van der Waals surface area contributed by atoms with Gasteiger partial charge in [0.15, 0.2) is 0 Å². The van der Waals surface area contributed by atoms with Crippen LogP contribution in [-0.2, 0) is 0 Å². The smallest absolute Gasteiger partial charge is 0.255 e. The van der Waals surface area contributed by atoms with Crippen molar-refractivity contribution in [3.8, 4) is 5.75 Å². The van der Waals surface area contributed by atoms with Crippen molar-refractivity contribution in [1.29, 1.82) is 0 Å².